The highest BCUT2D eigenvalue weighted by Gasteiger charge is 2.10. The van der Waals surface area contributed by atoms with Crippen molar-refractivity contribution in [1.82, 2.24) is 0 Å². The van der Waals surface area contributed by atoms with Crippen LogP contribution in [0.4, 0.5) is 0 Å². The maximum Gasteiger partial charge on any atom is 0.0891 e. The van der Waals surface area contributed by atoms with Crippen molar-refractivity contribution in [3.05, 3.63) is 108 Å². The van der Waals surface area contributed by atoms with E-state index in [1.807, 2.05) is 0 Å². The lowest BCUT2D eigenvalue weighted by Gasteiger charge is -2.13. The van der Waals surface area contributed by atoms with Gasteiger partial charge in [-0.15, -0.1) is 0 Å². The summed E-state index contributed by atoms with van der Waals surface area (Å²) in [6.45, 7) is 4.28. The highest BCUT2D eigenvalue weighted by atomic mass is 28.2. The van der Waals surface area contributed by atoms with Gasteiger partial charge in [0.2, 0.25) is 0 Å². The Bertz CT molecular complexity index is 957. The molecule has 0 aliphatic carbocycles. The zero-order valence-corrected chi connectivity index (χ0v) is 17.4. The van der Waals surface area contributed by atoms with Crippen LogP contribution < -0.4 is 10.4 Å². The minimum atomic E-state index is -0.599. The van der Waals surface area contributed by atoms with Crippen LogP contribution in [0.1, 0.15) is 11.1 Å². The Morgan fingerprint density at radius 1 is 0.444 bits per heavy atom. The molecule has 0 aromatic heterocycles. The molecule has 132 valence electrons. The molecule has 0 nitrogen and oxygen atoms in total. The number of aryl methyl sites for hydroxylation is 2. The minimum Gasteiger partial charge on any atom is -0.0627 e. The summed E-state index contributed by atoms with van der Waals surface area (Å²) in [4.78, 5) is 0. The van der Waals surface area contributed by atoms with E-state index in [1.54, 1.807) is 0 Å². The Morgan fingerprint density at radius 2 is 0.815 bits per heavy atom. The van der Waals surface area contributed by atoms with Gasteiger partial charge in [0.1, 0.15) is 0 Å². The molecule has 0 aliphatic rings. The van der Waals surface area contributed by atoms with Crippen LogP contribution in [-0.4, -0.2) is 9.52 Å². The topological polar surface area (TPSA) is 0 Å². The van der Waals surface area contributed by atoms with Gasteiger partial charge in [-0.05, 0) is 36.1 Å². The molecule has 4 aromatic rings. The van der Waals surface area contributed by atoms with Gasteiger partial charge in [-0.3, -0.25) is 0 Å². The van der Waals surface area contributed by atoms with Crippen molar-refractivity contribution in [2.45, 2.75) is 13.8 Å². The van der Waals surface area contributed by atoms with Crippen LogP contribution >= 0.6 is 0 Å². The van der Waals surface area contributed by atoms with E-state index < -0.39 is 9.52 Å². The van der Waals surface area contributed by atoms with Crippen LogP contribution in [0.15, 0.2) is 97.1 Å². The van der Waals surface area contributed by atoms with Gasteiger partial charge in [-0.25, -0.2) is 0 Å². The Hall–Kier alpha value is -2.90. The number of hydrogen-bond acceptors (Lipinski definition) is 0. The third kappa shape index (κ3) is 3.94. The van der Waals surface area contributed by atoms with Gasteiger partial charge in [-0.2, -0.15) is 0 Å². The molecule has 0 spiro atoms. The van der Waals surface area contributed by atoms with E-state index in [2.05, 4.69) is 111 Å². The third-order valence-electron chi connectivity index (χ3n) is 5.14. The molecule has 0 fully saturated rings. The molecule has 4 rings (SSSR count). The van der Waals surface area contributed by atoms with E-state index in [4.69, 9.17) is 0 Å². The van der Waals surface area contributed by atoms with E-state index in [0.29, 0.717) is 0 Å². The van der Waals surface area contributed by atoms with Gasteiger partial charge in [0.05, 0.1) is 9.52 Å². The van der Waals surface area contributed by atoms with Crippen LogP contribution in [0.5, 0.6) is 0 Å². The number of benzene rings is 4. The second-order valence-electron chi connectivity index (χ2n) is 7.22. The summed E-state index contributed by atoms with van der Waals surface area (Å²) in [6, 6.07) is 35.6. The van der Waals surface area contributed by atoms with Gasteiger partial charge < -0.3 is 0 Å². The first-order valence-electron chi connectivity index (χ1n) is 9.50. The lowest BCUT2D eigenvalue weighted by Crippen LogP contribution is -2.30. The first-order chi connectivity index (χ1) is 13.2. The fourth-order valence-electron chi connectivity index (χ4n) is 3.58. The Kier molecular flexibility index (Phi) is 5.04. The van der Waals surface area contributed by atoms with Crippen LogP contribution in [0.2, 0.25) is 0 Å². The van der Waals surface area contributed by atoms with E-state index in [-0.39, 0.29) is 0 Å². The quantitative estimate of drug-likeness (QED) is 0.458. The number of hydrogen-bond donors (Lipinski definition) is 0. The zero-order valence-electron chi connectivity index (χ0n) is 15.9. The van der Waals surface area contributed by atoms with Crippen molar-refractivity contribution in [2.24, 2.45) is 0 Å². The summed E-state index contributed by atoms with van der Waals surface area (Å²) in [7, 11) is -0.599. The summed E-state index contributed by atoms with van der Waals surface area (Å²) >= 11 is 0. The summed E-state index contributed by atoms with van der Waals surface area (Å²) in [6.07, 6.45) is 0. The van der Waals surface area contributed by atoms with E-state index in [0.717, 1.165) is 0 Å². The lowest BCUT2D eigenvalue weighted by atomic mass is 10.0. The van der Waals surface area contributed by atoms with Crippen molar-refractivity contribution in [3.8, 4) is 22.3 Å². The number of rotatable bonds is 4. The second kappa shape index (κ2) is 7.77. The Morgan fingerprint density at radius 3 is 1.22 bits per heavy atom. The van der Waals surface area contributed by atoms with E-state index in [1.165, 1.54) is 43.8 Å². The van der Waals surface area contributed by atoms with Crippen LogP contribution in [0.3, 0.4) is 0 Å². The van der Waals surface area contributed by atoms with Crippen molar-refractivity contribution in [1.29, 1.82) is 0 Å². The van der Waals surface area contributed by atoms with Gasteiger partial charge in [0, 0.05) is 0 Å². The lowest BCUT2D eigenvalue weighted by molar-refractivity contribution is 1.47. The second-order valence-corrected chi connectivity index (χ2v) is 9.10. The van der Waals surface area contributed by atoms with E-state index >= 15 is 0 Å². The van der Waals surface area contributed by atoms with Crippen molar-refractivity contribution >= 4 is 19.9 Å². The molecule has 0 amide bonds. The van der Waals surface area contributed by atoms with Crippen LogP contribution in [0, 0.1) is 13.8 Å². The molecule has 0 radical (unpaired) electrons. The third-order valence-corrected chi connectivity index (χ3v) is 7.14. The van der Waals surface area contributed by atoms with Crippen molar-refractivity contribution in [2.75, 3.05) is 0 Å². The van der Waals surface area contributed by atoms with Gasteiger partial charge in [-0.1, -0.05) is 119 Å². The largest absolute Gasteiger partial charge is 0.0891 e. The monoisotopic (exact) mass is 364 g/mol. The predicted molar refractivity (Wildman–Crippen MR) is 121 cm³/mol. The fourth-order valence-corrected chi connectivity index (χ4v) is 5.53. The predicted octanol–water partition coefficient (Wildman–Crippen LogP) is 4.76. The van der Waals surface area contributed by atoms with Crippen LogP contribution in [0.25, 0.3) is 22.3 Å². The van der Waals surface area contributed by atoms with Crippen LogP contribution in [-0.2, 0) is 0 Å². The standard InChI is InChI=1S/C26H24Si/c1-19-11-15-21(16-12-19)23-7-3-5-9-25(23)27-26-10-6-4-8-24(26)22-17-13-20(2)14-18-22/h3-18H,27H2,1-2H3. The molecule has 0 saturated carbocycles. The SMILES string of the molecule is Cc1ccc(-c2ccccc2[SiH2]c2ccccc2-c2ccc(C)cc2)cc1. The Balaban J connectivity index is 1.74. The average Bonchev–Trinajstić information content (AvgIpc) is 2.70. The highest BCUT2D eigenvalue weighted by Crippen LogP contribution is 2.20. The minimum absolute atomic E-state index is 0.599. The molecule has 0 bridgehead atoms. The molecule has 0 aliphatic heterocycles. The fraction of sp³-hybridized carbons (Fsp3) is 0.0769. The molecule has 0 heterocycles. The maximum atomic E-state index is 2.31. The zero-order chi connectivity index (χ0) is 18.6. The molecule has 0 atom stereocenters. The van der Waals surface area contributed by atoms with Gasteiger partial charge in [0.15, 0.2) is 0 Å². The molecule has 4 aromatic carbocycles. The molecule has 27 heavy (non-hydrogen) atoms. The summed E-state index contributed by atoms with van der Waals surface area (Å²) < 4.78 is 0. The average molecular weight is 365 g/mol. The van der Waals surface area contributed by atoms with Gasteiger partial charge >= 0.3 is 0 Å². The molecule has 0 N–H and O–H groups in total. The first kappa shape index (κ1) is 17.5. The highest BCUT2D eigenvalue weighted by molar-refractivity contribution is 6.70. The molecule has 0 saturated heterocycles. The molecule has 0 unspecified atom stereocenters. The summed E-state index contributed by atoms with van der Waals surface area (Å²) in [5.41, 5.74) is 8.00. The molecular formula is C26H24Si. The molecular weight excluding hydrogens is 340 g/mol. The van der Waals surface area contributed by atoms with Crippen molar-refractivity contribution < 1.29 is 0 Å². The van der Waals surface area contributed by atoms with E-state index in [9.17, 15) is 0 Å². The summed E-state index contributed by atoms with van der Waals surface area (Å²) in [5, 5.41) is 3.00. The Labute approximate surface area is 164 Å². The van der Waals surface area contributed by atoms with Gasteiger partial charge in [0.25, 0.3) is 0 Å². The summed E-state index contributed by atoms with van der Waals surface area (Å²) in [5.74, 6) is 0. The first-order valence-corrected chi connectivity index (χ1v) is 10.9. The maximum absolute atomic E-state index is 2.31. The normalized spacial score (nSPS) is 10.7. The molecule has 1 heteroatoms. The van der Waals surface area contributed by atoms with Crippen molar-refractivity contribution in [3.63, 3.8) is 0 Å². The smallest absolute Gasteiger partial charge is 0.0627 e.